The van der Waals surface area contributed by atoms with E-state index in [1.165, 1.54) is 25.3 Å². The van der Waals surface area contributed by atoms with Gasteiger partial charge in [0.15, 0.2) is 0 Å². The molecule has 2 atom stereocenters. The van der Waals surface area contributed by atoms with Crippen molar-refractivity contribution in [1.82, 2.24) is 5.32 Å². The van der Waals surface area contributed by atoms with Crippen LogP contribution in [0.3, 0.4) is 0 Å². The van der Waals surface area contributed by atoms with E-state index in [1.807, 2.05) is 6.07 Å². The molecule has 0 fully saturated rings. The summed E-state index contributed by atoms with van der Waals surface area (Å²) in [5, 5.41) is 3.60. The first kappa shape index (κ1) is 16.2. The normalized spacial score (nSPS) is 14.3. The van der Waals surface area contributed by atoms with Gasteiger partial charge in [0.1, 0.15) is 5.82 Å². The van der Waals surface area contributed by atoms with E-state index in [4.69, 9.17) is 0 Å². The fourth-order valence-electron chi connectivity index (χ4n) is 2.63. The van der Waals surface area contributed by atoms with Gasteiger partial charge in [-0.05, 0) is 49.4 Å². The van der Waals surface area contributed by atoms with Crippen molar-refractivity contribution in [2.75, 3.05) is 6.54 Å². The lowest BCUT2D eigenvalue weighted by atomic mass is 9.93. The van der Waals surface area contributed by atoms with Gasteiger partial charge in [-0.25, -0.2) is 4.39 Å². The second-order valence-corrected chi connectivity index (χ2v) is 5.61. The zero-order valence-corrected chi connectivity index (χ0v) is 12.6. The van der Waals surface area contributed by atoms with Crippen molar-refractivity contribution < 1.29 is 4.39 Å². The number of hydrogen-bond acceptors (Lipinski definition) is 1. The average molecular weight is 265 g/mol. The topological polar surface area (TPSA) is 12.0 Å². The standard InChI is InChI=1S/C17H28FN/c1-4-7-14(3)11-17(19-10-5-2)13-15-8-6-9-16(18)12-15/h6,8-9,12,14,17,19H,4-5,7,10-11,13H2,1-3H3. The van der Waals surface area contributed by atoms with E-state index in [0.29, 0.717) is 6.04 Å². The third kappa shape index (κ3) is 6.72. The first-order valence-electron chi connectivity index (χ1n) is 7.63. The molecule has 1 nitrogen and oxygen atoms in total. The minimum absolute atomic E-state index is 0.131. The first-order chi connectivity index (χ1) is 9.15. The van der Waals surface area contributed by atoms with Gasteiger partial charge in [0.05, 0.1) is 0 Å². The van der Waals surface area contributed by atoms with Gasteiger partial charge in [-0.2, -0.15) is 0 Å². The van der Waals surface area contributed by atoms with Gasteiger partial charge in [-0.3, -0.25) is 0 Å². The molecule has 2 heteroatoms. The average Bonchev–Trinajstić information content (AvgIpc) is 2.36. The van der Waals surface area contributed by atoms with Crippen LogP contribution >= 0.6 is 0 Å². The maximum Gasteiger partial charge on any atom is 0.123 e. The van der Waals surface area contributed by atoms with Gasteiger partial charge in [-0.15, -0.1) is 0 Å². The Morgan fingerprint density at radius 3 is 2.63 bits per heavy atom. The van der Waals surface area contributed by atoms with Crippen LogP contribution < -0.4 is 5.32 Å². The van der Waals surface area contributed by atoms with Gasteiger partial charge >= 0.3 is 0 Å². The second kappa shape index (κ2) is 9.08. The molecule has 0 aromatic heterocycles. The van der Waals surface area contributed by atoms with Crippen molar-refractivity contribution >= 4 is 0 Å². The summed E-state index contributed by atoms with van der Waals surface area (Å²) in [5.74, 6) is 0.598. The predicted octanol–water partition coefficient (Wildman–Crippen LogP) is 4.56. The molecule has 19 heavy (non-hydrogen) atoms. The quantitative estimate of drug-likeness (QED) is 0.690. The van der Waals surface area contributed by atoms with Gasteiger partial charge in [-0.1, -0.05) is 45.7 Å². The Hall–Kier alpha value is -0.890. The molecule has 0 bridgehead atoms. The van der Waals surface area contributed by atoms with Gasteiger partial charge in [0.25, 0.3) is 0 Å². The summed E-state index contributed by atoms with van der Waals surface area (Å²) < 4.78 is 13.2. The molecular weight excluding hydrogens is 237 g/mol. The lowest BCUT2D eigenvalue weighted by Crippen LogP contribution is -2.33. The summed E-state index contributed by atoms with van der Waals surface area (Å²) in [6.07, 6.45) is 5.74. The van der Waals surface area contributed by atoms with E-state index in [9.17, 15) is 4.39 Å². The Bertz CT molecular complexity index is 351. The molecule has 0 amide bonds. The summed E-state index contributed by atoms with van der Waals surface area (Å²) in [7, 11) is 0. The number of benzene rings is 1. The molecule has 1 aromatic carbocycles. The molecule has 0 aliphatic heterocycles. The fraction of sp³-hybridized carbons (Fsp3) is 0.647. The molecule has 1 N–H and O–H groups in total. The van der Waals surface area contributed by atoms with Gasteiger partial charge < -0.3 is 5.32 Å². The third-order valence-electron chi connectivity index (χ3n) is 3.52. The minimum atomic E-state index is -0.131. The van der Waals surface area contributed by atoms with Crippen LogP contribution in [0.4, 0.5) is 4.39 Å². The highest BCUT2D eigenvalue weighted by Crippen LogP contribution is 2.16. The van der Waals surface area contributed by atoms with Crippen molar-refractivity contribution in [3.8, 4) is 0 Å². The van der Waals surface area contributed by atoms with Crippen LogP contribution in [0, 0.1) is 11.7 Å². The Kier molecular flexibility index (Phi) is 7.73. The van der Waals surface area contributed by atoms with Crippen molar-refractivity contribution in [3.05, 3.63) is 35.6 Å². The van der Waals surface area contributed by atoms with Crippen molar-refractivity contribution in [3.63, 3.8) is 0 Å². The minimum Gasteiger partial charge on any atom is -0.314 e. The molecule has 0 aliphatic carbocycles. The fourth-order valence-corrected chi connectivity index (χ4v) is 2.63. The van der Waals surface area contributed by atoms with E-state index in [1.54, 1.807) is 12.1 Å². The van der Waals surface area contributed by atoms with Crippen LogP contribution in [0.1, 0.15) is 52.0 Å². The van der Waals surface area contributed by atoms with Crippen molar-refractivity contribution in [1.29, 1.82) is 0 Å². The van der Waals surface area contributed by atoms with Crippen LogP contribution in [-0.4, -0.2) is 12.6 Å². The van der Waals surface area contributed by atoms with Crippen LogP contribution in [0.5, 0.6) is 0 Å². The Morgan fingerprint density at radius 1 is 1.21 bits per heavy atom. The Labute approximate surface area is 117 Å². The Balaban J connectivity index is 2.57. The van der Waals surface area contributed by atoms with Crippen LogP contribution in [0.2, 0.25) is 0 Å². The SMILES string of the molecule is CCCNC(Cc1cccc(F)c1)CC(C)CCC. The molecular formula is C17H28FN. The van der Waals surface area contributed by atoms with E-state index in [0.717, 1.165) is 30.9 Å². The second-order valence-electron chi connectivity index (χ2n) is 5.61. The highest BCUT2D eigenvalue weighted by atomic mass is 19.1. The number of rotatable bonds is 9. The monoisotopic (exact) mass is 265 g/mol. The first-order valence-corrected chi connectivity index (χ1v) is 7.63. The zero-order valence-electron chi connectivity index (χ0n) is 12.6. The van der Waals surface area contributed by atoms with E-state index >= 15 is 0 Å². The molecule has 2 unspecified atom stereocenters. The summed E-state index contributed by atoms with van der Waals surface area (Å²) in [6, 6.07) is 7.46. The van der Waals surface area contributed by atoms with Gasteiger partial charge in [0.2, 0.25) is 0 Å². The smallest absolute Gasteiger partial charge is 0.123 e. The highest BCUT2D eigenvalue weighted by molar-refractivity contribution is 5.17. The molecule has 1 aromatic rings. The van der Waals surface area contributed by atoms with E-state index in [2.05, 4.69) is 26.1 Å². The molecule has 108 valence electrons. The molecule has 0 heterocycles. The summed E-state index contributed by atoms with van der Waals surface area (Å²) in [5.41, 5.74) is 1.09. The van der Waals surface area contributed by atoms with Gasteiger partial charge in [0, 0.05) is 6.04 Å². The third-order valence-corrected chi connectivity index (χ3v) is 3.52. The number of halogens is 1. The summed E-state index contributed by atoms with van der Waals surface area (Å²) in [6.45, 7) is 7.77. The van der Waals surface area contributed by atoms with E-state index < -0.39 is 0 Å². The van der Waals surface area contributed by atoms with E-state index in [-0.39, 0.29) is 5.82 Å². The lowest BCUT2D eigenvalue weighted by molar-refractivity contribution is 0.380. The zero-order chi connectivity index (χ0) is 14.1. The number of hydrogen-bond donors (Lipinski definition) is 1. The maximum atomic E-state index is 13.2. The van der Waals surface area contributed by atoms with Crippen molar-refractivity contribution in [2.45, 2.75) is 58.9 Å². The van der Waals surface area contributed by atoms with Crippen LogP contribution in [0.15, 0.2) is 24.3 Å². The molecule has 0 aliphatic rings. The summed E-state index contributed by atoms with van der Waals surface area (Å²) >= 11 is 0. The molecule has 0 spiro atoms. The highest BCUT2D eigenvalue weighted by Gasteiger charge is 2.13. The van der Waals surface area contributed by atoms with Crippen LogP contribution in [-0.2, 0) is 6.42 Å². The Morgan fingerprint density at radius 2 is 2.00 bits per heavy atom. The summed E-state index contributed by atoms with van der Waals surface area (Å²) in [4.78, 5) is 0. The molecule has 0 radical (unpaired) electrons. The largest absolute Gasteiger partial charge is 0.314 e. The lowest BCUT2D eigenvalue weighted by Gasteiger charge is -2.22. The maximum absolute atomic E-state index is 13.2. The molecule has 0 saturated carbocycles. The van der Waals surface area contributed by atoms with Crippen molar-refractivity contribution in [2.24, 2.45) is 5.92 Å². The van der Waals surface area contributed by atoms with Crippen LogP contribution in [0.25, 0.3) is 0 Å². The molecule has 0 saturated heterocycles. The molecule has 1 rings (SSSR count). The predicted molar refractivity (Wildman–Crippen MR) is 80.9 cm³/mol. The number of nitrogens with one attached hydrogen (secondary N) is 1.